The van der Waals surface area contributed by atoms with Gasteiger partial charge in [0.2, 0.25) is 0 Å². The first kappa shape index (κ1) is 22.4. The minimum absolute atomic E-state index is 0.207. The van der Waals surface area contributed by atoms with Crippen molar-refractivity contribution >= 4 is 11.6 Å². The number of hydrogen-bond acceptors (Lipinski definition) is 4. The second kappa shape index (κ2) is 10.7. The molecule has 3 aliphatic rings. The third kappa shape index (κ3) is 5.51. The molecule has 4 rings (SSSR count). The maximum Gasteiger partial charge on any atom is 0.275 e. The number of morpholine rings is 1. The van der Waals surface area contributed by atoms with Crippen molar-refractivity contribution in [2.75, 3.05) is 77.6 Å². The number of nitrogens with one attached hydrogen (secondary N) is 3. The molecule has 3 N–H and O–H groups in total. The molecule has 1 amide bonds. The topological polar surface area (TPSA) is 59.7 Å². The van der Waals surface area contributed by atoms with E-state index in [-0.39, 0.29) is 11.4 Å². The lowest BCUT2D eigenvalue weighted by molar-refractivity contribution is -0.960. The van der Waals surface area contributed by atoms with Crippen LogP contribution in [-0.4, -0.2) is 84.1 Å². The molecule has 0 spiro atoms. The van der Waals surface area contributed by atoms with Gasteiger partial charge in [-0.25, -0.2) is 0 Å². The Morgan fingerprint density at radius 2 is 1.81 bits per heavy atom. The van der Waals surface area contributed by atoms with Crippen LogP contribution >= 0.6 is 0 Å². The van der Waals surface area contributed by atoms with E-state index in [0.29, 0.717) is 6.54 Å². The molecule has 2 saturated heterocycles. The largest absolute Gasteiger partial charge is 0.495 e. The number of anilines is 1. The Morgan fingerprint density at radius 1 is 1.10 bits per heavy atom. The first-order chi connectivity index (χ1) is 15.2. The van der Waals surface area contributed by atoms with E-state index in [9.17, 15) is 4.79 Å². The predicted octanol–water partition coefficient (Wildman–Crippen LogP) is -0.866. The summed E-state index contributed by atoms with van der Waals surface area (Å²) in [7, 11) is 1.72. The van der Waals surface area contributed by atoms with Crippen LogP contribution < -0.4 is 24.8 Å². The zero-order valence-corrected chi connectivity index (χ0v) is 19.1. The quantitative estimate of drug-likeness (QED) is 0.525. The second-order valence-electron chi connectivity index (χ2n) is 9.42. The minimum Gasteiger partial charge on any atom is -0.495 e. The van der Waals surface area contributed by atoms with Gasteiger partial charge in [0.1, 0.15) is 24.4 Å². The van der Waals surface area contributed by atoms with Crippen molar-refractivity contribution in [3.63, 3.8) is 0 Å². The molecule has 0 radical (unpaired) electrons. The fourth-order valence-electron chi connectivity index (χ4n) is 5.72. The lowest BCUT2D eigenvalue weighted by Crippen LogP contribution is -3.23. The number of piperazine rings is 1. The molecule has 1 aliphatic carbocycles. The molecule has 1 aromatic carbocycles. The van der Waals surface area contributed by atoms with Crippen molar-refractivity contribution in [2.24, 2.45) is 0 Å². The second-order valence-corrected chi connectivity index (χ2v) is 9.42. The molecule has 0 atom stereocenters. The number of benzene rings is 1. The monoisotopic (exact) mass is 432 g/mol. The number of ether oxygens (including phenoxy) is 2. The summed E-state index contributed by atoms with van der Waals surface area (Å²) >= 11 is 0. The average molecular weight is 433 g/mol. The summed E-state index contributed by atoms with van der Waals surface area (Å²) in [5.74, 6) is 1.13. The standard InChI is InChI=1S/C24H38N4O3/c1-30-22-8-4-3-7-21(22)27-13-11-26(12-14-27)19-23(29)25-20-24(9-5-2-6-10-24)28-15-17-31-18-16-28/h3-4,7-8H,2,5-6,9-20H2,1H3,(H,25,29)/p+2. The molecule has 172 valence electrons. The molecule has 0 bridgehead atoms. The summed E-state index contributed by atoms with van der Waals surface area (Å²) in [6.45, 7) is 9.11. The Balaban J connectivity index is 1.26. The maximum atomic E-state index is 12.8. The van der Waals surface area contributed by atoms with Crippen molar-refractivity contribution in [3.05, 3.63) is 24.3 Å². The Bertz CT molecular complexity index is 709. The van der Waals surface area contributed by atoms with Crippen LogP contribution in [0.3, 0.4) is 0 Å². The van der Waals surface area contributed by atoms with Gasteiger partial charge in [0.15, 0.2) is 6.54 Å². The van der Waals surface area contributed by atoms with Crippen LogP contribution in [0.15, 0.2) is 24.3 Å². The molecule has 7 heteroatoms. The van der Waals surface area contributed by atoms with Crippen LogP contribution in [0, 0.1) is 0 Å². The van der Waals surface area contributed by atoms with Gasteiger partial charge in [-0.2, -0.15) is 0 Å². The first-order valence-corrected chi connectivity index (χ1v) is 12.1. The number of amides is 1. The van der Waals surface area contributed by atoms with Gasteiger partial charge in [-0.15, -0.1) is 0 Å². The van der Waals surface area contributed by atoms with Crippen molar-refractivity contribution in [3.8, 4) is 5.75 Å². The van der Waals surface area contributed by atoms with Gasteiger partial charge in [-0.05, 0) is 25.0 Å². The van der Waals surface area contributed by atoms with E-state index in [1.54, 1.807) is 12.0 Å². The minimum atomic E-state index is 0.207. The van der Waals surface area contributed by atoms with Crippen LogP contribution in [0.4, 0.5) is 5.69 Å². The molecular formula is C24H40N4O3+2. The SMILES string of the molecule is COc1ccccc1N1CC[NH+](CC(=O)NCC2([NH+]3CCOCC3)CCCCC2)CC1. The van der Waals surface area contributed by atoms with E-state index in [4.69, 9.17) is 9.47 Å². The van der Waals surface area contributed by atoms with Gasteiger partial charge in [0, 0.05) is 12.8 Å². The van der Waals surface area contributed by atoms with Crippen LogP contribution in [0.2, 0.25) is 0 Å². The molecule has 0 aromatic heterocycles. The molecule has 7 nitrogen and oxygen atoms in total. The number of methoxy groups -OCH3 is 1. The Labute approximate surface area is 186 Å². The summed E-state index contributed by atoms with van der Waals surface area (Å²) in [6.07, 6.45) is 6.37. The fourth-order valence-corrected chi connectivity index (χ4v) is 5.72. The highest BCUT2D eigenvalue weighted by Gasteiger charge is 2.42. The molecule has 2 heterocycles. The highest BCUT2D eigenvalue weighted by atomic mass is 16.5. The van der Waals surface area contributed by atoms with E-state index in [0.717, 1.165) is 70.5 Å². The van der Waals surface area contributed by atoms with Gasteiger partial charge in [0.25, 0.3) is 5.91 Å². The molecule has 2 aliphatic heterocycles. The zero-order chi connectivity index (χ0) is 21.5. The van der Waals surface area contributed by atoms with Crippen molar-refractivity contribution < 1.29 is 24.1 Å². The van der Waals surface area contributed by atoms with E-state index >= 15 is 0 Å². The maximum absolute atomic E-state index is 12.8. The van der Waals surface area contributed by atoms with E-state index in [2.05, 4.69) is 22.3 Å². The smallest absolute Gasteiger partial charge is 0.275 e. The summed E-state index contributed by atoms with van der Waals surface area (Å²) in [5.41, 5.74) is 1.37. The normalized spacial score (nSPS) is 22.8. The molecule has 0 unspecified atom stereocenters. The van der Waals surface area contributed by atoms with Crippen molar-refractivity contribution in [1.29, 1.82) is 0 Å². The highest BCUT2D eigenvalue weighted by Crippen LogP contribution is 2.27. The van der Waals surface area contributed by atoms with E-state index in [1.807, 2.05) is 12.1 Å². The molecule has 1 saturated carbocycles. The number of quaternary nitrogens is 2. The number of nitrogens with zero attached hydrogens (tertiary/aromatic N) is 1. The van der Waals surface area contributed by atoms with E-state index in [1.165, 1.54) is 37.0 Å². The number of carbonyl (C=O) groups is 1. The van der Waals surface area contributed by atoms with E-state index < -0.39 is 0 Å². The zero-order valence-electron chi connectivity index (χ0n) is 19.1. The fraction of sp³-hybridized carbons (Fsp3) is 0.708. The van der Waals surface area contributed by atoms with Gasteiger partial charge in [-0.3, -0.25) is 4.79 Å². The number of para-hydroxylation sites is 2. The number of hydrogen-bond donors (Lipinski definition) is 3. The number of carbonyl (C=O) groups excluding carboxylic acids is 1. The summed E-state index contributed by atoms with van der Waals surface area (Å²) in [6, 6.07) is 8.20. The molecular weight excluding hydrogens is 392 g/mol. The van der Waals surface area contributed by atoms with Crippen molar-refractivity contribution in [2.45, 2.75) is 37.6 Å². The van der Waals surface area contributed by atoms with Crippen LogP contribution in [0.1, 0.15) is 32.1 Å². The molecule has 31 heavy (non-hydrogen) atoms. The third-order valence-corrected chi connectivity index (χ3v) is 7.59. The first-order valence-electron chi connectivity index (χ1n) is 12.1. The molecule has 3 fully saturated rings. The van der Waals surface area contributed by atoms with Gasteiger partial charge in [-0.1, -0.05) is 18.6 Å². The van der Waals surface area contributed by atoms with Gasteiger partial charge < -0.3 is 29.5 Å². The highest BCUT2D eigenvalue weighted by molar-refractivity contribution is 5.76. The van der Waals surface area contributed by atoms with Crippen LogP contribution in [-0.2, 0) is 9.53 Å². The average Bonchev–Trinajstić information content (AvgIpc) is 2.84. The summed E-state index contributed by atoms with van der Waals surface area (Å²) in [4.78, 5) is 18.2. The van der Waals surface area contributed by atoms with Crippen LogP contribution in [0.5, 0.6) is 5.75 Å². The summed E-state index contributed by atoms with van der Waals surface area (Å²) < 4.78 is 11.1. The lowest BCUT2D eigenvalue weighted by atomic mass is 9.79. The van der Waals surface area contributed by atoms with Gasteiger partial charge in [0.05, 0.1) is 58.7 Å². The Morgan fingerprint density at radius 3 is 2.52 bits per heavy atom. The van der Waals surface area contributed by atoms with Crippen LogP contribution in [0.25, 0.3) is 0 Å². The molecule has 1 aromatic rings. The Hall–Kier alpha value is -1.83. The predicted molar refractivity (Wildman–Crippen MR) is 121 cm³/mol. The number of rotatable bonds is 7. The lowest BCUT2D eigenvalue weighted by Gasteiger charge is -2.45. The summed E-state index contributed by atoms with van der Waals surface area (Å²) in [5, 5.41) is 3.34. The third-order valence-electron chi connectivity index (χ3n) is 7.59. The van der Waals surface area contributed by atoms with Gasteiger partial charge >= 0.3 is 0 Å². The van der Waals surface area contributed by atoms with Crippen molar-refractivity contribution in [1.82, 2.24) is 5.32 Å². The Kier molecular flexibility index (Phi) is 7.69.